The third-order valence-electron chi connectivity index (χ3n) is 3.15. The van der Waals surface area contributed by atoms with Gasteiger partial charge in [-0.3, -0.25) is 4.79 Å². The highest BCUT2D eigenvalue weighted by Gasteiger charge is 2.40. The van der Waals surface area contributed by atoms with Crippen molar-refractivity contribution in [1.82, 2.24) is 0 Å². The number of allylic oxidation sites excluding steroid dienone is 1. The Balaban J connectivity index is 1.79. The molecule has 0 bridgehead atoms. The Hall–Kier alpha value is -1.32. The number of esters is 2. The molecular formula is C11H14O4. The molecule has 15 heavy (non-hydrogen) atoms. The number of carbonyl (C=O) groups is 2. The van der Waals surface area contributed by atoms with Gasteiger partial charge in [0.15, 0.2) is 0 Å². The number of hydrogen-bond acceptors (Lipinski definition) is 4. The number of rotatable bonds is 3. The predicted molar refractivity (Wildman–Crippen MR) is 51.6 cm³/mol. The van der Waals surface area contributed by atoms with Gasteiger partial charge in [0.2, 0.25) is 6.79 Å². The largest absolute Gasteiger partial charge is 0.428 e. The topological polar surface area (TPSA) is 52.6 Å². The second-order valence-corrected chi connectivity index (χ2v) is 4.02. The lowest BCUT2D eigenvalue weighted by atomic mass is 9.73. The number of carbonyl (C=O) groups excluding carboxylic acids is 2. The van der Waals surface area contributed by atoms with Crippen LogP contribution in [0.15, 0.2) is 11.6 Å². The maximum absolute atomic E-state index is 11.5. The van der Waals surface area contributed by atoms with Crippen LogP contribution in [0.3, 0.4) is 0 Å². The predicted octanol–water partition coefficient (Wildman–Crippen LogP) is 1.41. The van der Waals surface area contributed by atoms with Crippen molar-refractivity contribution in [2.24, 2.45) is 11.8 Å². The quantitative estimate of drug-likeness (QED) is 0.522. The van der Waals surface area contributed by atoms with Gasteiger partial charge in [-0.1, -0.05) is 6.08 Å². The van der Waals surface area contributed by atoms with Crippen LogP contribution in [0.5, 0.6) is 0 Å². The van der Waals surface area contributed by atoms with E-state index in [1.54, 1.807) is 0 Å². The first-order chi connectivity index (χ1) is 7.18. The second kappa shape index (κ2) is 4.04. The zero-order valence-corrected chi connectivity index (χ0v) is 8.69. The minimum atomic E-state index is -0.440. The molecule has 0 amide bonds. The molecule has 0 spiro atoms. The standard InChI is InChI=1S/C11H14O4/c1-7(12)14-6-15-11(13)10-5-3-8-2-4-9(8)10/h5,8-9H,2-4,6H2,1H3. The molecule has 0 aromatic heterocycles. The van der Waals surface area contributed by atoms with E-state index in [0.717, 1.165) is 18.4 Å². The Morgan fingerprint density at radius 1 is 1.40 bits per heavy atom. The van der Waals surface area contributed by atoms with Gasteiger partial charge in [-0.2, -0.15) is 0 Å². The molecule has 2 rings (SSSR count). The summed E-state index contributed by atoms with van der Waals surface area (Å²) in [5.41, 5.74) is 0.776. The average molecular weight is 210 g/mol. The SMILES string of the molecule is CC(=O)OCOC(=O)C1=CCC2CCC12. The van der Waals surface area contributed by atoms with E-state index in [2.05, 4.69) is 4.74 Å². The summed E-state index contributed by atoms with van der Waals surface area (Å²) in [6.07, 6.45) is 5.24. The van der Waals surface area contributed by atoms with E-state index in [9.17, 15) is 9.59 Å². The molecule has 4 heteroatoms. The average Bonchev–Trinajstić information content (AvgIpc) is 2.40. The smallest absolute Gasteiger partial charge is 0.336 e. The van der Waals surface area contributed by atoms with E-state index in [4.69, 9.17) is 4.74 Å². The van der Waals surface area contributed by atoms with Crippen LogP contribution in [0.25, 0.3) is 0 Å². The van der Waals surface area contributed by atoms with Gasteiger partial charge in [-0.15, -0.1) is 0 Å². The maximum atomic E-state index is 11.5. The minimum Gasteiger partial charge on any atom is -0.428 e. The van der Waals surface area contributed by atoms with Crippen molar-refractivity contribution in [3.8, 4) is 0 Å². The highest BCUT2D eigenvalue weighted by Crippen LogP contribution is 2.47. The van der Waals surface area contributed by atoms with E-state index in [1.807, 2.05) is 6.08 Å². The molecule has 0 aromatic rings. The summed E-state index contributed by atoms with van der Waals surface area (Å²) in [5, 5.41) is 0. The zero-order valence-electron chi connectivity index (χ0n) is 8.69. The lowest BCUT2D eigenvalue weighted by Crippen LogP contribution is -2.26. The van der Waals surface area contributed by atoms with Crippen molar-refractivity contribution < 1.29 is 19.1 Å². The zero-order chi connectivity index (χ0) is 10.8. The molecule has 0 aliphatic heterocycles. The molecule has 0 N–H and O–H groups in total. The van der Waals surface area contributed by atoms with Gasteiger partial charge in [0.05, 0.1) is 0 Å². The molecule has 2 aliphatic carbocycles. The summed E-state index contributed by atoms with van der Waals surface area (Å²) in [5.74, 6) is 0.282. The second-order valence-electron chi connectivity index (χ2n) is 4.02. The summed E-state index contributed by atoms with van der Waals surface area (Å²) < 4.78 is 9.38. The van der Waals surface area contributed by atoms with Gasteiger partial charge < -0.3 is 9.47 Å². The van der Waals surface area contributed by atoms with Crippen LogP contribution in [-0.4, -0.2) is 18.7 Å². The highest BCUT2D eigenvalue weighted by molar-refractivity contribution is 5.90. The monoisotopic (exact) mass is 210 g/mol. The fraction of sp³-hybridized carbons (Fsp3) is 0.636. The number of fused-ring (bicyclic) bond motifs is 1. The van der Waals surface area contributed by atoms with Crippen molar-refractivity contribution in [3.05, 3.63) is 11.6 Å². The Kier molecular flexibility index (Phi) is 2.75. The Labute approximate surface area is 88.2 Å². The Morgan fingerprint density at radius 3 is 2.73 bits per heavy atom. The Morgan fingerprint density at radius 2 is 2.20 bits per heavy atom. The van der Waals surface area contributed by atoms with Gasteiger partial charge in [0.25, 0.3) is 0 Å². The molecule has 82 valence electrons. The first kappa shape index (κ1) is 10.2. The summed E-state index contributed by atoms with van der Waals surface area (Å²) in [7, 11) is 0. The van der Waals surface area contributed by atoms with E-state index < -0.39 is 5.97 Å². The Bertz CT molecular complexity index is 319. The molecule has 1 saturated carbocycles. The van der Waals surface area contributed by atoms with Gasteiger partial charge in [-0.25, -0.2) is 4.79 Å². The minimum absolute atomic E-state index is 0.275. The maximum Gasteiger partial charge on any atom is 0.336 e. The van der Waals surface area contributed by atoms with Crippen LogP contribution in [0.2, 0.25) is 0 Å². The number of ether oxygens (including phenoxy) is 2. The van der Waals surface area contributed by atoms with E-state index in [-0.39, 0.29) is 12.8 Å². The third kappa shape index (κ3) is 2.03. The van der Waals surface area contributed by atoms with Gasteiger partial charge in [-0.05, 0) is 31.1 Å². The molecule has 1 fully saturated rings. The third-order valence-corrected chi connectivity index (χ3v) is 3.15. The molecule has 4 nitrogen and oxygen atoms in total. The van der Waals surface area contributed by atoms with Crippen LogP contribution in [0.4, 0.5) is 0 Å². The summed E-state index contributed by atoms with van der Waals surface area (Å²) in [6, 6.07) is 0. The van der Waals surface area contributed by atoms with E-state index in [0.29, 0.717) is 11.8 Å². The molecule has 0 saturated heterocycles. The molecule has 2 unspecified atom stereocenters. The highest BCUT2D eigenvalue weighted by atomic mass is 16.7. The van der Waals surface area contributed by atoms with Crippen LogP contribution in [0.1, 0.15) is 26.2 Å². The lowest BCUT2D eigenvalue weighted by molar-refractivity contribution is -0.163. The molecule has 2 atom stereocenters. The molecule has 2 aliphatic rings. The van der Waals surface area contributed by atoms with Crippen LogP contribution in [-0.2, 0) is 19.1 Å². The fourth-order valence-electron chi connectivity index (χ4n) is 2.17. The van der Waals surface area contributed by atoms with Crippen LogP contribution < -0.4 is 0 Å². The van der Waals surface area contributed by atoms with Crippen LogP contribution >= 0.6 is 0 Å². The van der Waals surface area contributed by atoms with Gasteiger partial charge in [0, 0.05) is 12.5 Å². The lowest BCUT2D eigenvalue weighted by Gasteiger charge is -2.31. The first-order valence-electron chi connectivity index (χ1n) is 5.19. The number of hydrogen-bond donors (Lipinski definition) is 0. The van der Waals surface area contributed by atoms with Crippen molar-refractivity contribution in [2.75, 3.05) is 6.79 Å². The van der Waals surface area contributed by atoms with E-state index >= 15 is 0 Å². The van der Waals surface area contributed by atoms with Crippen molar-refractivity contribution >= 4 is 11.9 Å². The molecule has 0 aromatic carbocycles. The van der Waals surface area contributed by atoms with Crippen molar-refractivity contribution in [2.45, 2.75) is 26.2 Å². The fourth-order valence-corrected chi connectivity index (χ4v) is 2.17. The van der Waals surface area contributed by atoms with Gasteiger partial charge >= 0.3 is 11.9 Å². The summed E-state index contributed by atoms with van der Waals surface area (Å²) >= 11 is 0. The molecular weight excluding hydrogens is 196 g/mol. The normalized spacial score (nSPS) is 27.4. The summed E-state index contributed by atoms with van der Waals surface area (Å²) in [4.78, 5) is 22.0. The van der Waals surface area contributed by atoms with Crippen molar-refractivity contribution in [3.63, 3.8) is 0 Å². The van der Waals surface area contributed by atoms with Crippen molar-refractivity contribution in [1.29, 1.82) is 0 Å². The summed E-state index contributed by atoms with van der Waals surface area (Å²) in [6.45, 7) is 1.01. The molecule has 0 radical (unpaired) electrons. The van der Waals surface area contributed by atoms with E-state index in [1.165, 1.54) is 13.3 Å². The van der Waals surface area contributed by atoms with Gasteiger partial charge in [0.1, 0.15) is 0 Å². The van der Waals surface area contributed by atoms with Crippen LogP contribution in [0, 0.1) is 11.8 Å². The first-order valence-corrected chi connectivity index (χ1v) is 5.19. The molecule has 0 heterocycles.